The van der Waals surface area contributed by atoms with Gasteiger partial charge in [0, 0.05) is 62.7 Å². The van der Waals surface area contributed by atoms with Gasteiger partial charge >= 0.3 is 11.9 Å². The van der Waals surface area contributed by atoms with Crippen LogP contribution < -0.4 is 4.74 Å². The first kappa shape index (κ1) is 26.2. The number of rotatable bonds is 9. The summed E-state index contributed by atoms with van der Waals surface area (Å²) >= 11 is 0. The third-order valence-corrected chi connectivity index (χ3v) is 6.88. The number of aryl methyl sites for hydroxylation is 2. The van der Waals surface area contributed by atoms with Crippen molar-refractivity contribution in [3.8, 4) is 5.88 Å². The fraction of sp³-hybridized carbons (Fsp3) is 0.720. The zero-order chi connectivity index (χ0) is 24.2. The SMILES string of the molecule is O=C(O)/C=C\C(=O)O.c1c(OCCCCN2CCN(C3CCCCC3)CC2)nn2c1CCCC2. The zero-order valence-electron chi connectivity index (χ0n) is 20.2. The molecule has 9 nitrogen and oxygen atoms in total. The Hall–Kier alpha value is -2.39. The van der Waals surface area contributed by atoms with Crippen LogP contribution in [0.3, 0.4) is 0 Å². The van der Waals surface area contributed by atoms with Crippen LogP contribution in [0.15, 0.2) is 18.2 Å². The van der Waals surface area contributed by atoms with E-state index < -0.39 is 11.9 Å². The Morgan fingerprint density at radius 2 is 1.65 bits per heavy atom. The minimum Gasteiger partial charge on any atom is -0.478 e. The Balaban J connectivity index is 0.000000350. The van der Waals surface area contributed by atoms with Gasteiger partial charge in [-0.25, -0.2) is 9.59 Å². The van der Waals surface area contributed by atoms with Gasteiger partial charge in [-0.2, -0.15) is 0 Å². The molecule has 0 amide bonds. The van der Waals surface area contributed by atoms with Crippen molar-refractivity contribution in [2.45, 2.75) is 76.8 Å². The number of piperazine rings is 1. The molecule has 34 heavy (non-hydrogen) atoms. The molecular formula is C25H40N4O5. The van der Waals surface area contributed by atoms with Gasteiger partial charge in [-0.1, -0.05) is 19.3 Å². The van der Waals surface area contributed by atoms with Gasteiger partial charge in [0.25, 0.3) is 0 Å². The average Bonchev–Trinajstić information content (AvgIpc) is 3.27. The van der Waals surface area contributed by atoms with Crippen LogP contribution in [0.4, 0.5) is 0 Å². The summed E-state index contributed by atoms with van der Waals surface area (Å²) in [4.78, 5) is 24.5. The topological polar surface area (TPSA) is 108 Å². The Bertz CT molecular complexity index is 756. The maximum Gasteiger partial charge on any atom is 0.328 e. The lowest BCUT2D eigenvalue weighted by Gasteiger charge is -2.40. The number of fused-ring (bicyclic) bond motifs is 1. The molecule has 1 aromatic heterocycles. The highest BCUT2D eigenvalue weighted by atomic mass is 16.5. The second-order valence-electron chi connectivity index (χ2n) is 9.39. The van der Waals surface area contributed by atoms with E-state index in [9.17, 15) is 9.59 Å². The van der Waals surface area contributed by atoms with Crippen molar-refractivity contribution in [2.24, 2.45) is 0 Å². The second-order valence-corrected chi connectivity index (χ2v) is 9.39. The normalized spacial score (nSPS) is 19.9. The van der Waals surface area contributed by atoms with Crippen molar-refractivity contribution in [1.29, 1.82) is 0 Å². The maximum atomic E-state index is 9.55. The van der Waals surface area contributed by atoms with Gasteiger partial charge in [-0.15, -0.1) is 5.10 Å². The molecule has 4 rings (SSSR count). The highest BCUT2D eigenvalue weighted by Crippen LogP contribution is 2.23. The lowest BCUT2D eigenvalue weighted by molar-refractivity contribution is -0.134. The van der Waals surface area contributed by atoms with Crippen LogP contribution in [0.25, 0.3) is 0 Å². The first-order valence-electron chi connectivity index (χ1n) is 12.8. The summed E-state index contributed by atoms with van der Waals surface area (Å²) in [5.74, 6) is -1.68. The Morgan fingerprint density at radius 3 is 2.29 bits per heavy atom. The van der Waals surface area contributed by atoms with Gasteiger partial charge in [0.2, 0.25) is 5.88 Å². The molecule has 1 saturated carbocycles. The highest BCUT2D eigenvalue weighted by molar-refractivity contribution is 5.89. The number of ether oxygens (including phenoxy) is 1. The fourth-order valence-electron chi connectivity index (χ4n) is 5.02. The number of aliphatic carboxylic acids is 2. The summed E-state index contributed by atoms with van der Waals surface area (Å²) in [5, 5.41) is 20.2. The molecule has 2 N–H and O–H groups in total. The van der Waals surface area contributed by atoms with Crippen LogP contribution in [0.5, 0.6) is 5.88 Å². The first-order valence-corrected chi connectivity index (χ1v) is 12.8. The smallest absolute Gasteiger partial charge is 0.328 e. The lowest BCUT2D eigenvalue weighted by atomic mass is 9.94. The number of hydrogen-bond donors (Lipinski definition) is 2. The molecule has 0 atom stereocenters. The molecule has 0 bridgehead atoms. The predicted molar refractivity (Wildman–Crippen MR) is 129 cm³/mol. The minimum absolute atomic E-state index is 0.558. The molecule has 2 aliphatic heterocycles. The van der Waals surface area contributed by atoms with Gasteiger partial charge in [0.1, 0.15) is 0 Å². The van der Waals surface area contributed by atoms with Crippen LogP contribution in [-0.2, 0) is 22.6 Å². The van der Waals surface area contributed by atoms with Crippen molar-refractivity contribution in [3.05, 3.63) is 23.9 Å². The number of nitrogens with zero attached hydrogens (tertiary/aromatic N) is 4. The van der Waals surface area contributed by atoms with Crippen molar-refractivity contribution in [2.75, 3.05) is 39.3 Å². The molecule has 9 heteroatoms. The quantitative estimate of drug-likeness (QED) is 0.414. The van der Waals surface area contributed by atoms with Crippen LogP contribution in [-0.4, -0.2) is 87.1 Å². The Morgan fingerprint density at radius 1 is 0.941 bits per heavy atom. The summed E-state index contributed by atoms with van der Waals surface area (Å²) in [6.45, 7) is 8.16. The predicted octanol–water partition coefficient (Wildman–Crippen LogP) is 3.04. The largest absolute Gasteiger partial charge is 0.478 e. The van der Waals surface area contributed by atoms with Gasteiger partial charge < -0.3 is 19.8 Å². The summed E-state index contributed by atoms with van der Waals surface area (Å²) < 4.78 is 8.02. The number of carboxylic acids is 2. The third kappa shape index (κ3) is 9.10. The van der Waals surface area contributed by atoms with Crippen LogP contribution in [0.2, 0.25) is 0 Å². The van der Waals surface area contributed by atoms with Crippen LogP contribution in [0, 0.1) is 0 Å². The minimum atomic E-state index is -1.26. The molecule has 2 fully saturated rings. The summed E-state index contributed by atoms with van der Waals surface area (Å²) in [7, 11) is 0. The summed E-state index contributed by atoms with van der Waals surface area (Å²) in [6, 6.07) is 3.03. The molecule has 190 valence electrons. The van der Waals surface area contributed by atoms with E-state index in [0.717, 1.165) is 37.9 Å². The average molecular weight is 477 g/mol. The van der Waals surface area contributed by atoms with Gasteiger partial charge in [-0.3, -0.25) is 9.58 Å². The molecule has 0 unspecified atom stereocenters. The molecule has 3 heterocycles. The molecule has 0 aromatic carbocycles. The standard InChI is InChI=1S/C21H36N4O.C4H4O4/c1-2-8-19(9-3-1)24-15-13-23(14-16-24)11-6-7-17-26-21-18-20-10-4-5-12-25(20)22-21;5-3(6)1-2-4(7)8/h18-19H,1-17H2;1-2H,(H,5,6)(H,7,8)/b;2-1-. The van der Waals surface area contributed by atoms with E-state index in [1.807, 2.05) is 0 Å². The van der Waals surface area contributed by atoms with Gasteiger partial charge in [0.15, 0.2) is 0 Å². The summed E-state index contributed by atoms with van der Waals surface area (Å²) in [6.07, 6.45) is 14.4. The first-order chi connectivity index (χ1) is 16.5. The molecule has 1 aromatic rings. The molecule has 0 radical (unpaired) electrons. The highest BCUT2D eigenvalue weighted by Gasteiger charge is 2.24. The maximum absolute atomic E-state index is 9.55. The van der Waals surface area contributed by atoms with Crippen molar-refractivity contribution < 1.29 is 24.5 Å². The molecule has 1 saturated heterocycles. The second kappa shape index (κ2) is 14.1. The monoisotopic (exact) mass is 476 g/mol. The van der Waals surface area contributed by atoms with Gasteiger partial charge in [0.05, 0.1) is 6.61 Å². The molecular weight excluding hydrogens is 436 g/mol. The van der Waals surface area contributed by atoms with E-state index in [4.69, 9.17) is 14.9 Å². The Kier molecular flexibility index (Phi) is 10.9. The number of hydrogen-bond acceptors (Lipinski definition) is 6. The summed E-state index contributed by atoms with van der Waals surface area (Å²) in [5.41, 5.74) is 1.35. The van der Waals surface area contributed by atoms with E-state index in [1.165, 1.54) is 89.8 Å². The Labute approximate surface area is 202 Å². The van der Waals surface area contributed by atoms with E-state index in [-0.39, 0.29) is 0 Å². The molecule has 0 spiro atoms. The molecule has 1 aliphatic carbocycles. The van der Waals surface area contributed by atoms with E-state index in [0.29, 0.717) is 12.2 Å². The number of aromatic nitrogens is 2. The fourth-order valence-corrected chi connectivity index (χ4v) is 5.02. The number of carboxylic acid groups (broad SMARTS) is 2. The lowest BCUT2D eigenvalue weighted by Crippen LogP contribution is -2.50. The number of carbonyl (C=O) groups is 2. The van der Waals surface area contributed by atoms with Crippen molar-refractivity contribution in [1.82, 2.24) is 19.6 Å². The molecule has 3 aliphatic rings. The van der Waals surface area contributed by atoms with E-state index >= 15 is 0 Å². The van der Waals surface area contributed by atoms with Crippen molar-refractivity contribution in [3.63, 3.8) is 0 Å². The van der Waals surface area contributed by atoms with E-state index in [2.05, 4.69) is 25.6 Å². The third-order valence-electron chi connectivity index (χ3n) is 6.88. The van der Waals surface area contributed by atoms with Crippen LogP contribution in [0.1, 0.15) is 63.5 Å². The zero-order valence-corrected chi connectivity index (χ0v) is 20.2. The van der Waals surface area contributed by atoms with Gasteiger partial charge in [-0.05, 0) is 51.5 Å². The van der Waals surface area contributed by atoms with Crippen LogP contribution >= 0.6 is 0 Å². The van der Waals surface area contributed by atoms with E-state index in [1.54, 1.807) is 0 Å². The number of unbranched alkanes of at least 4 members (excludes halogenated alkanes) is 1. The van der Waals surface area contributed by atoms with Crippen molar-refractivity contribution >= 4 is 11.9 Å².